The maximum absolute atomic E-state index is 12.4. The van der Waals surface area contributed by atoms with E-state index >= 15 is 0 Å². The number of carboxylic acids is 1. The molecule has 0 spiro atoms. The molecular weight excluding hydrogens is 300 g/mol. The van der Waals surface area contributed by atoms with Crippen molar-refractivity contribution in [2.75, 3.05) is 0 Å². The van der Waals surface area contributed by atoms with E-state index in [0.29, 0.717) is 17.4 Å². The van der Waals surface area contributed by atoms with Gasteiger partial charge in [0.2, 0.25) is 0 Å². The van der Waals surface area contributed by atoms with Gasteiger partial charge in [0.15, 0.2) is 0 Å². The van der Waals surface area contributed by atoms with Crippen molar-refractivity contribution in [3.63, 3.8) is 0 Å². The number of carboxylic acid groups (broad SMARTS) is 1. The Morgan fingerprint density at radius 2 is 1.75 bits per heavy atom. The third kappa shape index (κ3) is 2.15. The van der Waals surface area contributed by atoms with Crippen molar-refractivity contribution in [2.45, 2.75) is 50.4 Å². The molecule has 1 N–H and O–H groups in total. The number of ether oxygens (including phenoxy) is 1. The van der Waals surface area contributed by atoms with Gasteiger partial charge in [0.1, 0.15) is 16.9 Å². The molecule has 124 valence electrons. The number of hydrogen-bond acceptors (Lipinski definition) is 2. The Morgan fingerprint density at radius 3 is 2.50 bits per heavy atom. The fourth-order valence-electron chi connectivity index (χ4n) is 4.37. The molecule has 24 heavy (non-hydrogen) atoms. The van der Waals surface area contributed by atoms with Crippen LogP contribution in [-0.4, -0.2) is 11.1 Å². The fourth-order valence-corrected chi connectivity index (χ4v) is 4.37. The van der Waals surface area contributed by atoms with Gasteiger partial charge in [-0.05, 0) is 43.4 Å². The third-order valence-electron chi connectivity index (χ3n) is 5.68. The molecule has 1 heterocycles. The van der Waals surface area contributed by atoms with Gasteiger partial charge in [0, 0.05) is 11.1 Å². The van der Waals surface area contributed by atoms with E-state index in [0.717, 1.165) is 29.5 Å². The van der Waals surface area contributed by atoms with Crippen LogP contribution < -0.4 is 4.74 Å². The van der Waals surface area contributed by atoms with Crippen LogP contribution in [0.4, 0.5) is 0 Å². The summed E-state index contributed by atoms with van der Waals surface area (Å²) in [6.45, 7) is 1.82. The first-order valence-corrected chi connectivity index (χ1v) is 8.76. The number of rotatable bonds is 2. The van der Waals surface area contributed by atoms with Crippen LogP contribution in [0.25, 0.3) is 0 Å². The molecule has 3 heteroatoms. The van der Waals surface area contributed by atoms with Gasteiger partial charge < -0.3 is 9.84 Å². The lowest BCUT2D eigenvalue weighted by atomic mass is 9.69. The van der Waals surface area contributed by atoms with Crippen molar-refractivity contribution < 1.29 is 14.6 Å². The summed E-state index contributed by atoms with van der Waals surface area (Å²) in [5.41, 5.74) is 1.68. The fraction of sp³-hybridized carbons (Fsp3) is 0.381. The second kappa shape index (κ2) is 5.66. The van der Waals surface area contributed by atoms with E-state index in [1.807, 2.05) is 43.3 Å². The van der Waals surface area contributed by atoms with Crippen molar-refractivity contribution in [1.82, 2.24) is 0 Å². The topological polar surface area (TPSA) is 46.5 Å². The monoisotopic (exact) mass is 322 g/mol. The van der Waals surface area contributed by atoms with E-state index in [1.54, 1.807) is 0 Å². The van der Waals surface area contributed by atoms with Crippen LogP contribution in [-0.2, 0) is 10.2 Å². The highest BCUT2D eigenvalue weighted by Crippen LogP contribution is 2.52. The molecule has 4 rings (SSSR count). The zero-order chi connectivity index (χ0) is 16.7. The zero-order valence-corrected chi connectivity index (χ0v) is 13.9. The molecule has 0 bridgehead atoms. The number of fused-ring (bicyclic) bond motifs is 2. The average molecular weight is 322 g/mol. The maximum atomic E-state index is 12.4. The molecule has 3 nitrogen and oxygen atoms in total. The van der Waals surface area contributed by atoms with E-state index in [2.05, 4.69) is 6.07 Å². The van der Waals surface area contributed by atoms with Crippen LogP contribution in [0.5, 0.6) is 11.5 Å². The Kier molecular flexibility index (Phi) is 3.60. The van der Waals surface area contributed by atoms with Crippen LogP contribution in [0.3, 0.4) is 0 Å². The summed E-state index contributed by atoms with van der Waals surface area (Å²) in [6.07, 6.45) is 5.98. The SMILES string of the molecule is CC1(C(=O)O)c2ccccc2Oc2cccc(C3CCCCC3)c21. The molecule has 1 atom stereocenters. The molecule has 0 radical (unpaired) electrons. The van der Waals surface area contributed by atoms with Crippen LogP contribution in [0.2, 0.25) is 0 Å². The van der Waals surface area contributed by atoms with Gasteiger partial charge in [-0.15, -0.1) is 0 Å². The summed E-state index contributed by atoms with van der Waals surface area (Å²) in [4.78, 5) is 12.4. The molecule has 0 saturated heterocycles. The normalized spacial score (nSPS) is 23.0. The van der Waals surface area contributed by atoms with Gasteiger partial charge in [0.25, 0.3) is 0 Å². The Morgan fingerprint density at radius 1 is 1.04 bits per heavy atom. The first-order valence-electron chi connectivity index (χ1n) is 8.76. The smallest absolute Gasteiger partial charge is 0.318 e. The second-order valence-corrected chi connectivity index (χ2v) is 7.08. The lowest BCUT2D eigenvalue weighted by molar-refractivity contribution is -0.141. The zero-order valence-electron chi connectivity index (χ0n) is 13.9. The summed E-state index contributed by atoms with van der Waals surface area (Å²) >= 11 is 0. The summed E-state index contributed by atoms with van der Waals surface area (Å²) in [6, 6.07) is 13.5. The van der Waals surface area contributed by atoms with Crippen LogP contribution in [0.15, 0.2) is 42.5 Å². The number of benzene rings is 2. The molecule has 2 aliphatic rings. The van der Waals surface area contributed by atoms with E-state index in [4.69, 9.17) is 4.74 Å². The summed E-state index contributed by atoms with van der Waals surface area (Å²) < 4.78 is 6.09. The average Bonchev–Trinajstić information content (AvgIpc) is 2.62. The Hall–Kier alpha value is -2.29. The largest absolute Gasteiger partial charge is 0.480 e. The molecule has 0 aromatic heterocycles. The van der Waals surface area contributed by atoms with E-state index in [1.165, 1.54) is 19.3 Å². The molecule has 1 saturated carbocycles. The van der Waals surface area contributed by atoms with Gasteiger partial charge in [0.05, 0.1) is 0 Å². The van der Waals surface area contributed by atoms with Crippen molar-refractivity contribution in [1.29, 1.82) is 0 Å². The maximum Gasteiger partial charge on any atom is 0.318 e. The number of hydrogen-bond donors (Lipinski definition) is 1. The van der Waals surface area contributed by atoms with E-state index in [-0.39, 0.29) is 0 Å². The minimum Gasteiger partial charge on any atom is -0.480 e. The van der Waals surface area contributed by atoms with Gasteiger partial charge >= 0.3 is 5.97 Å². The molecule has 0 amide bonds. The van der Waals surface area contributed by atoms with Gasteiger partial charge in [-0.1, -0.05) is 49.6 Å². The van der Waals surface area contributed by atoms with Crippen molar-refractivity contribution >= 4 is 5.97 Å². The van der Waals surface area contributed by atoms with Crippen LogP contribution in [0, 0.1) is 0 Å². The predicted molar refractivity (Wildman–Crippen MR) is 92.9 cm³/mol. The quantitative estimate of drug-likeness (QED) is 0.823. The van der Waals surface area contributed by atoms with Crippen molar-refractivity contribution in [2.24, 2.45) is 0 Å². The van der Waals surface area contributed by atoms with E-state index in [9.17, 15) is 9.90 Å². The molecule has 1 aliphatic heterocycles. The number of carbonyl (C=O) groups is 1. The minimum absolute atomic E-state index is 0.432. The first kappa shape index (κ1) is 15.3. The molecule has 2 aromatic rings. The van der Waals surface area contributed by atoms with Crippen molar-refractivity contribution in [3.05, 3.63) is 59.2 Å². The standard InChI is InChI=1S/C21H22O3/c1-21(20(22)23)16-11-5-6-12-17(16)24-18-13-7-10-15(19(18)21)14-8-3-2-4-9-14/h5-7,10-14H,2-4,8-9H2,1H3,(H,22,23). The van der Waals surface area contributed by atoms with Gasteiger partial charge in [-0.3, -0.25) is 4.79 Å². The lowest BCUT2D eigenvalue weighted by Crippen LogP contribution is -2.38. The number of aliphatic carboxylic acids is 1. The molecular formula is C21H22O3. The summed E-state index contributed by atoms with van der Waals surface area (Å²) in [7, 11) is 0. The highest BCUT2D eigenvalue weighted by Gasteiger charge is 2.46. The summed E-state index contributed by atoms with van der Waals surface area (Å²) in [5, 5.41) is 10.2. The highest BCUT2D eigenvalue weighted by atomic mass is 16.5. The predicted octanol–water partition coefficient (Wildman–Crippen LogP) is 5.23. The Labute approximate surface area is 142 Å². The molecule has 1 fully saturated rings. The minimum atomic E-state index is -1.07. The van der Waals surface area contributed by atoms with Gasteiger partial charge in [-0.2, -0.15) is 0 Å². The Bertz CT molecular complexity index is 789. The molecule has 2 aromatic carbocycles. The van der Waals surface area contributed by atoms with E-state index < -0.39 is 11.4 Å². The number of para-hydroxylation sites is 1. The molecule has 1 unspecified atom stereocenters. The third-order valence-corrected chi connectivity index (χ3v) is 5.68. The highest BCUT2D eigenvalue weighted by molar-refractivity contribution is 5.89. The Balaban J connectivity index is 1.95. The lowest BCUT2D eigenvalue weighted by Gasteiger charge is -2.37. The van der Waals surface area contributed by atoms with Crippen LogP contribution >= 0.6 is 0 Å². The second-order valence-electron chi connectivity index (χ2n) is 7.08. The summed E-state index contributed by atoms with van der Waals surface area (Å²) in [5.74, 6) is 0.960. The molecule has 1 aliphatic carbocycles. The van der Waals surface area contributed by atoms with Gasteiger partial charge in [-0.25, -0.2) is 0 Å². The van der Waals surface area contributed by atoms with Crippen molar-refractivity contribution in [3.8, 4) is 11.5 Å². The first-order chi connectivity index (χ1) is 11.6. The van der Waals surface area contributed by atoms with Crippen LogP contribution in [0.1, 0.15) is 61.6 Å².